The van der Waals surface area contributed by atoms with Crippen molar-refractivity contribution in [1.29, 1.82) is 0 Å². The predicted octanol–water partition coefficient (Wildman–Crippen LogP) is -2.29. The van der Waals surface area contributed by atoms with E-state index in [1.807, 2.05) is 0 Å². The Balaban J connectivity index is 6.38. The molecule has 0 saturated heterocycles. The summed E-state index contributed by atoms with van der Waals surface area (Å²) < 4.78 is 94.7. The first-order chi connectivity index (χ1) is 19.0. The molecule has 266 valence electrons. The molecule has 0 radical (unpaired) electrons. The highest BCUT2D eigenvalue weighted by atomic mass is 31.3. The zero-order chi connectivity index (χ0) is 35.7. The second kappa shape index (κ2) is 15.3. The van der Waals surface area contributed by atoms with Crippen LogP contribution in [0.3, 0.4) is 0 Å². The van der Waals surface area contributed by atoms with E-state index in [-0.39, 0.29) is 0 Å². The largest absolute Gasteiger partial charge is 0.355 e. The highest BCUT2D eigenvalue weighted by Crippen LogP contribution is 2.70. The summed E-state index contributed by atoms with van der Waals surface area (Å²) in [7, 11) is -49.1. The van der Waals surface area contributed by atoms with Crippen molar-refractivity contribution in [3.63, 3.8) is 0 Å². The van der Waals surface area contributed by atoms with Crippen molar-refractivity contribution in [3.8, 4) is 0 Å². The van der Waals surface area contributed by atoms with Gasteiger partial charge >= 0.3 is 60.8 Å². The minimum absolute atomic E-state index is 0.485. The van der Waals surface area contributed by atoms with Crippen LogP contribution in [0.1, 0.15) is 25.7 Å². The molecule has 0 aromatic carbocycles. The fraction of sp³-hybridized carbons (Fsp3) is 1.00. The van der Waals surface area contributed by atoms with Crippen molar-refractivity contribution in [2.24, 2.45) is 0 Å². The van der Waals surface area contributed by atoms with Gasteiger partial charge in [0, 0.05) is 13.1 Å². The lowest BCUT2D eigenvalue weighted by atomic mass is 10.2. The Morgan fingerprint density at radius 3 is 0.545 bits per heavy atom. The predicted molar refractivity (Wildman–Crippen MR) is 143 cm³/mol. The molecule has 0 fully saturated rings. The molecule has 0 aromatic rings. The standard InChI is InChI=1S/C10H32N2O24P8/c13-37(14,15)7(38(16,17)18)11(8(39(19,20)21)40(22,23)24)5-3-1-2-4-6-12(9(41(25,26)27)42(28,29)30)10(43(31,32)33)44(34,35)36/h7-10H,1-6H2,(H2,13,14,15)(H2,16,17,18)(H2,19,20,21)(H2,22,23,24)(H2,25,26,27)(H2,28,29,30)(H2,31,32,33)(H2,34,35,36). The van der Waals surface area contributed by atoms with Gasteiger partial charge in [0.05, 0.1) is 0 Å². The third-order valence-corrected chi connectivity index (χ3v) is 19.6. The van der Waals surface area contributed by atoms with Gasteiger partial charge in [0.15, 0.2) is 0 Å². The maximum Gasteiger partial charge on any atom is 0.355 e. The number of unbranched alkanes of at least 4 members (excludes halogenated alkanes) is 3. The third kappa shape index (κ3) is 13.9. The van der Waals surface area contributed by atoms with Crippen molar-refractivity contribution in [2.75, 3.05) is 13.1 Å². The van der Waals surface area contributed by atoms with Crippen LogP contribution in [0.15, 0.2) is 0 Å². The third-order valence-electron chi connectivity index (χ3n) is 5.18. The Bertz CT molecular complexity index is 1080. The Labute approximate surface area is 246 Å². The van der Waals surface area contributed by atoms with E-state index < -0.39 is 131 Å². The van der Waals surface area contributed by atoms with Crippen LogP contribution in [0, 0.1) is 0 Å². The number of rotatable bonds is 19. The summed E-state index contributed by atoms with van der Waals surface area (Å²) in [6.07, 6.45) is -2.40. The monoisotopic (exact) mass is 812 g/mol. The lowest BCUT2D eigenvalue weighted by Crippen LogP contribution is -2.44. The van der Waals surface area contributed by atoms with Crippen LogP contribution in [-0.4, -0.2) is 123 Å². The molecule has 16 N–H and O–H groups in total. The Morgan fingerprint density at radius 1 is 0.295 bits per heavy atom. The molecule has 0 atom stereocenters. The first-order valence-corrected chi connectivity index (χ1v) is 24.3. The second-order valence-corrected chi connectivity index (χ2v) is 24.0. The van der Waals surface area contributed by atoms with Crippen molar-refractivity contribution < 1.29 is 115 Å². The number of hydrogen-bond acceptors (Lipinski definition) is 10. The number of hydrogen-bond donors (Lipinski definition) is 16. The normalized spacial score (nSPS) is 15.5. The molecule has 0 unspecified atom stereocenters. The van der Waals surface area contributed by atoms with Crippen molar-refractivity contribution in [1.82, 2.24) is 9.80 Å². The van der Waals surface area contributed by atoms with Crippen molar-refractivity contribution in [2.45, 2.75) is 47.8 Å². The summed E-state index contributed by atoms with van der Waals surface area (Å²) in [5, 5.41) is 0. The van der Waals surface area contributed by atoms with Gasteiger partial charge in [-0.15, -0.1) is 0 Å². The van der Waals surface area contributed by atoms with Gasteiger partial charge in [-0.25, -0.2) is 0 Å². The molecular formula is C10H32N2O24P8. The Kier molecular flexibility index (Phi) is 15.7. The molecule has 34 heteroatoms. The molecule has 0 aliphatic rings. The van der Waals surface area contributed by atoms with E-state index in [0.717, 1.165) is 0 Å². The lowest BCUT2D eigenvalue weighted by Gasteiger charge is -2.38. The zero-order valence-corrected chi connectivity index (χ0v) is 28.6. The SMILES string of the molecule is O=P(O)(O)C(N(CCCCCCN(C(P(=O)(O)O)P(=O)(O)O)C(P(=O)(O)O)P(=O)(O)O)C(P(=O)(O)O)P(=O)(O)O)P(=O)(O)O. The van der Waals surface area contributed by atoms with Gasteiger partial charge in [-0.3, -0.25) is 46.3 Å². The van der Waals surface area contributed by atoms with E-state index in [2.05, 4.69) is 0 Å². The van der Waals surface area contributed by atoms with Gasteiger partial charge < -0.3 is 78.3 Å². The molecule has 44 heavy (non-hydrogen) atoms. The number of nitrogens with zero attached hydrogens (tertiary/aromatic N) is 2. The summed E-state index contributed by atoms with van der Waals surface area (Å²) >= 11 is 0. The summed E-state index contributed by atoms with van der Waals surface area (Å²) in [5.41, 5.74) is -14.0. The quantitative estimate of drug-likeness (QED) is 0.0482. The van der Waals surface area contributed by atoms with Gasteiger partial charge in [0.25, 0.3) is 0 Å². The van der Waals surface area contributed by atoms with Crippen LogP contribution in [0.25, 0.3) is 0 Å². The maximum atomic E-state index is 11.8. The van der Waals surface area contributed by atoms with Crippen LogP contribution < -0.4 is 0 Å². The first kappa shape index (κ1) is 45.1. The van der Waals surface area contributed by atoms with Gasteiger partial charge in [-0.1, -0.05) is 12.8 Å². The minimum Gasteiger partial charge on any atom is -0.323 e. The van der Waals surface area contributed by atoms with E-state index in [1.54, 1.807) is 0 Å². The van der Waals surface area contributed by atoms with Crippen LogP contribution >= 0.6 is 60.8 Å². The van der Waals surface area contributed by atoms with E-state index in [4.69, 9.17) is 0 Å². The van der Waals surface area contributed by atoms with Crippen molar-refractivity contribution >= 4 is 60.8 Å². The highest BCUT2D eigenvalue weighted by Gasteiger charge is 2.59. The molecule has 0 rings (SSSR count). The van der Waals surface area contributed by atoms with E-state index >= 15 is 0 Å². The molecule has 0 spiro atoms. The zero-order valence-electron chi connectivity index (χ0n) is 21.4. The molecule has 0 heterocycles. The molecule has 0 saturated carbocycles. The van der Waals surface area contributed by atoms with Crippen LogP contribution in [0.4, 0.5) is 0 Å². The Morgan fingerprint density at radius 2 is 0.432 bits per heavy atom. The molecule has 0 aliphatic carbocycles. The van der Waals surface area contributed by atoms with Gasteiger partial charge in [0.2, 0.25) is 22.1 Å². The maximum absolute atomic E-state index is 11.8. The summed E-state index contributed by atoms with van der Waals surface area (Å²) in [5.74, 6) is 0. The molecule has 0 aliphatic heterocycles. The smallest absolute Gasteiger partial charge is 0.323 e. The van der Waals surface area contributed by atoms with Crippen LogP contribution in [0.5, 0.6) is 0 Å². The van der Waals surface area contributed by atoms with Gasteiger partial charge in [-0.2, -0.15) is 0 Å². The molecule has 0 bridgehead atoms. The van der Waals surface area contributed by atoms with E-state index in [0.29, 0.717) is 0 Å². The van der Waals surface area contributed by atoms with Crippen LogP contribution in [0.2, 0.25) is 0 Å². The average molecular weight is 812 g/mol. The molecular weight excluding hydrogens is 780 g/mol. The van der Waals surface area contributed by atoms with Crippen molar-refractivity contribution in [3.05, 3.63) is 0 Å². The average Bonchev–Trinajstić information content (AvgIpc) is 2.60. The summed E-state index contributed by atoms with van der Waals surface area (Å²) in [4.78, 5) is 150. The Hall–Kier alpha value is 1.12. The lowest BCUT2D eigenvalue weighted by molar-refractivity contribution is 0.189. The van der Waals surface area contributed by atoms with Gasteiger partial charge in [-0.05, 0) is 12.8 Å². The summed E-state index contributed by atoms with van der Waals surface area (Å²) in [6, 6.07) is 0. The molecule has 0 amide bonds. The molecule has 26 nitrogen and oxygen atoms in total. The highest BCUT2D eigenvalue weighted by molar-refractivity contribution is 7.73. The minimum atomic E-state index is -6.13. The van der Waals surface area contributed by atoms with E-state index in [1.165, 1.54) is 0 Å². The first-order valence-electron chi connectivity index (χ1n) is 10.9. The topological polar surface area (TPSA) is 467 Å². The second-order valence-electron chi connectivity index (χ2n) is 8.99. The van der Waals surface area contributed by atoms with Crippen LogP contribution in [-0.2, 0) is 36.5 Å². The fourth-order valence-corrected chi connectivity index (χ4v) is 16.2. The summed E-state index contributed by atoms with van der Waals surface area (Å²) in [6.45, 7) is -2.57. The molecule has 0 aromatic heterocycles. The van der Waals surface area contributed by atoms with Gasteiger partial charge in [0.1, 0.15) is 0 Å². The van der Waals surface area contributed by atoms with E-state index in [9.17, 15) is 115 Å². The fourth-order valence-electron chi connectivity index (χ4n) is 3.97.